The van der Waals surface area contributed by atoms with E-state index in [0.29, 0.717) is 17.9 Å². The average Bonchev–Trinajstić information content (AvgIpc) is 3.02. The Morgan fingerprint density at radius 2 is 1.89 bits per heavy atom. The molecule has 6 nitrogen and oxygen atoms in total. The zero-order valence-corrected chi connectivity index (χ0v) is 15.8. The van der Waals surface area contributed by atoms with Crippen molar-refractivity contribution >= 4 is 17.5 Å². The van der Waals surface area contributed by atoms with Gasteiger partial charge in [0.15, 0.2) is 0 Å². The first-order valence-corrected chi connectivity index (χ1v) is 8.98. The van der Waals surface area contributed by atoms with Gasteiger partial charge in [0.05, 0.1) is 19.3 Å². The van der Waals surface area contributed by atoms with Crippen LogP contribution in [0, 0.1) is 0 Å². The van der Waals surface area contributed by atoms with Crippen LogP contribution in [0.3, 0.4) is 0 Å². The van der Waals surface area contributed by atoms with Crippen LogP contribution in [0.5, 0.6) is 11.5 Å². The Bertz CT molecular complexity index is 817. The van der Waals surface area contributed by atoms with Crippen LogP contribution in [0.2, 0.25) is 0 Å². The van der Waals surface area contributed by atoms with Gasteiger partial charge in [0.2, 0.25) is 5.91 Å². The first-order chi connectivity index (χ1) is 13.0. The fraction of sp³-hybridized carbons (Fsp3) is 0.333. The molecule has 3 rings (SSSR count). The summed E-state index contributed by atoms with van der Waals surface area (Å²) in [7, 11) is 1.59. The van der Waals surface area contributed by atoms with Crippen molar-refractivity contribution in [3.8, 4) is 11.5 Å². The summed E-state index contributed by atoms with van der Waals surface area (Å²) in [6.45, 7) is 4.34. The summed E-state index contributed by atoms with van der Waals surface area (Å²) >= 11 is 0. The minimum atomic E-state index is -0.234. The third-order valence-electron chi connectivity index (χ3n) is 4.31. The molecule has 1 saturated heterocycles. The van der Waals surface area contributed by atoms with Crippen molar-refractivity contribution in [2.45, 2.75) is 32.4 Å². The van der Waals surface area contributed by atoms with Crippen molar-refractivity contribution in [2.75, 3.05) is 18.6 Å². The highest BCUT2D eigenvalue weighted by Gasteiger charge is 2.31. The highest BCUT2D eigenvalue weighted by Crippen LogP contribution is 2.25. The molecule has 1 heterocycles. The number of rotatable bonds is 6. The maximum atomic E-state index is 12.5. The third-order valence-corrected chi connectivity index (χ3v) is 4.31. The van der Waals surface area contributed by atoms with Crippen LogP contribution in [0.25, 0.3) is 0 Å². The Balaban J connectivity index is 1.63. The number of nitrogens with one attached hydrogen (secondary N) is 1. The van der Waals surface area contributed by atoms with Crippen molar-refractivity contribution in [2.24, 2.45) is 0 Å². The van der Waals surface area contributed by atoms with Crippen molar-refractivity contribution < 1.29 is 19.1 Å². The molecule has 0 radical (unpaired) electrons. The number of ether oxygens (including phenoxy) is 2. The van der Waals surface area contributed by atoms with Crippen molar-refractivity contribution in [3.63, 3.8) is 0 Å². The summed E-state index contributed by atoms with van der Waals surface area (Å²) in [4.78, 5) is 26.5. The number of hydrogen-bond donors (Lipinski definition) is 1. The molecule has 142 valence electrons. The quantitative estimate of drug-likeness (QED) is 0.851. The lowest BCUT2D eigenvalue weighted by molar-refractivity contribution is -0.117. The molecule has 2 aromatic carbocycles. The van der Waals surface area contributed by atoms with E-state index in [1.165, 1.54) is 0 Å². The lowest BCUT2D eigenvalue weighted by Gasteiger charge is -2.18. The molecule has 1 aliphatic heterocycles. The summed E-state index contributed by atoms with van der Waals surface area (Å²) in [6.07, 6.45) is 0.356. The van der Waals surface area contributed by atoms with Gasteiger partial charge in [-0.05, 0) is 50.2 Å². The molecular weight excluding hydrogens is 344 g/mol. The first kappa shape index (κ1) is 18.8. The summed E-state index contributed by atoms with van der Waals surface area (Å²) in [5, 5.41) is 2.94. The van der Waals surface area contributed by atoms with E-state index >= 15 is 0 Å². The monoisotopic (exact) mass is 368 g/mol. The van der Waals surface area contributed by atoms with Crippen LogP contribution in [0.1, 0.15) is 30.6 Å². The lowest BCUT2D eigenvalue weighted by atomic mass is 10.1. The molecule has 1 fully saturated rings. The molecule has 1 N–H and O–H groups in total. The number of anilines is 1. The number of methoxy groups -OCH3 is 1. The van der Waals surface area contributed by atoms with Crippen molar-refractivity contribution in [1.29, 1.82) is 0 Å². The van der Waals surface area contributed by atoms with Gasteiger partial charge in [-0.15, -0.1) is 0 Å². The lowest BCUT2D eigenvalue weighted by Crippen LogP contribution is -2.37. The average molecular weight is 368 g/mol. The molecule has 0 spiro atoms. The Labute approximate surface area is 159 Å². The van der Waals surface area contributed by atoms with E-state index in [4.69, 9.17) is 9.47 Å². The van der Waals surface area contributed by atoms with Crippen LogP contribution >= 0.6 is 0 Å². The Hall–Kier alpha value is -3.02. The maximum Gasteiger partial charge on any atom is 0.251 e. The van der Waals surface area contributed by atoms with Gasteiger partial charge < -0.3 is 19.7 Å². The second kappa shape index (κ2) is 8.12. The van der Waals surface area contributed by atoms with Gasteiger partial charge in [-0.3, -0.25) is 9.59 Å². The predicted octanol–water partition coefficient (Wildman–Crippen LogP) is 3.02. The topological polar surface area (TPSA) is 67.9 Å². The van der Waals surface area contributed by atoms with Gasteiger partial charge in [0.25, 0.3) is 5.91 Å². The normalized spacial score (nSPS) is 16.5. The van der Waals surface area contributed by atoms with Gasteiger partial charge in [-0.1, -0.05) is 6.07 Å². The molecule has 0 aromatic heterocycles. The second-order valence-corrected chi connectivity index (χ2v) is 6.77. The number of benzene rings is 2. The molecule has 2 aromatic rings. The molecule has 1 aliphatic rings. The Morgan fingerprint density at radius 3 is 2.56 bits per heavy atom. The van der Waals surface area contributed by atoms with Gasteiger partial charge in [0.1, 0.15) is 11.5 Å². The van der Waals surface area contributed by atoms with Crippen LogP contribution in [0.4, 0.5) is 5.69 Å². The maximum absolute atomic E-state index is 12.5. The zero-order chi connectivity index (χ0) is 19.4. The number of carbonyl (C=O) groups excluding carboxylic acids is 2. The number of carbonyl (C=O) groups is 2. The van der Waals surface area contributed by atoms with E-state index in [2.05, 4.69) is 5.32 Å². The van der Waals surface area contributed by atoms with Crippen molar-refractivity contribution in [3.05, 3.63) is 54.1 Å². The minimum Gasteiger partial charge on any atom is -0.497 e. The minimum absolute atomic E-state index is 0.0192. The van der Waals surface area contributed by atoms with Gasteiger partial charge >= 0.3 is 0 Å². The highest BCUT2D eigenvalue weighted by atomic mass is 16.5. The van der Waals surface area contributed by atoms with E-state index in [9.17, 15) is 9.59 Å². The molecule has 0 bridgehead atoms. The summed E-state index contributed by atoms with van der Waals surface area (Å²) in [5.41, 5.74) is 1.31. The molecule has 6 heteroatoms. The largest absolute Gasteiger partial charge is 0.497 e. The van der Waals surface area contributed by atoms with Gasteiger partial charge in [-0.2, -0.15) is 0 Å². The molecule has 2 amide bonds. The number of amides is 2. The molecular formula is C21H24N2O4. The fourth-order valence-electron chi connectivity index (χ4n) is 3.06. The second-order valence-electron chi connectivity index (χ2n) is 6.77. The van der Waals surface area contributed by atoms with Crippen LogP contribution < -0.4 is 19.7 Å². The predicted molar refractivity (Wildman–Crippen MR) is 103 cm³/mol. The van der Waals surface area contributed by atoms with E-state index < -0.39 is 0 Å². The molecule has 1 atom stereocenters. The molecule has 1 unspecified atom stereocenters. The van der Waals surface area contributed by atoms with E-state index in [1.807, 2.05) is 38.1 Å². The third kappa shape index (κ3) is 4.58. The van der Waals surface area contributed by atoms with Crippen molar-refractivity contribution in [1.82, 2.24) is 5.32 Å². The standard InChI is InChI=1S/C21H24N2O4/c1-14(2)27-18-9-7-15(8-10-18)21(25)22-16-11-20(24)23(13-16)17-5-4-6-19(12-17)26-3/h4-10,12,14,16H,11,13H2,1-3H3,(H,22,25). The van der Waals surface area contributed by atoms with Gasteiger partial charge in [0, 0.05) is 30.3 Å². The summed E-state index contributed by atoms with van der Waals surface area (Å²) in [5.74, 6) is 1.20. The summed E-state index contributed by atoms with van der Waals surface area (Å²) in [6, 6.07) is 14.1. The fourth-order valence-corrected chi connectivity index (χ4v) is 3.06. The zero-order valence-electron chi connectivity index (χ0n) is 15.8. The number of nitrogens with zero attached hydrogens (tertiary/aromatic N) is 1. The van der Waals surface area contributed by atoms with Crippen LogP contribution in [0.15, 0.2) is 48.5 Å². The summed E-state index contributed by atoms with van der Waals surface area (Å²) < 4.78 is 10.8. The van der Waals surface area contributed by atoms with Gasteiger partial charge in [-0.25, -0.2) is 0 Å². The van der Waals surface area contributed by atoms with E-state index in [-0.39, 0.29) is 30.4 Å². The Morgan fingerprint density at radius 1 is 1.15 bits per heavy atom. The van der Waals surface area contributed by atoms with E-state index in [1.54, 1.807) is 36.3 Å². The van der Waals surface area contributed by atoms with Crippen LogP contribution in [-0.4, -0.2) is 37.6 Å². The van der Waals surface area contributed by atoms with E-state index in [0.717, 1.165) is 11.4 Å². The SMILES string of the molecule is COc1cccc(N2CC(NC(=O)c3ccc(OC(C)C)cc3)CC2=O)c1. The molecule has 27 heavy (non-hydrogen) atoms. The smallest absolute Gasteiger partial charge is 0.251 e. The Kier molecular flexibility index (Phi) is 5.64. The molecule has 0 saturated carbocycles. The van der Waals surface area contributed by atoms with Crippen LogP contribution in [-0.2, 0) is 4.79 Å². The first-order valence-electron chi connectivity index (χ1n) is 8.98. The molecule has 0 aliphatic carbocycles. The highest BCUT2D eigenvalue weighted by molar-refractivity contribution is 5.99. The number of hydrogen-bond acceptors (Lipinski definition) is 4.